The lowest BCUT2D eigenvalue weighted by atomic mass is 10.1. The second-order valence-electron chi connectivity index (χ2n) is 12.2. The van der Waals surface area contributed by atoms with Crippen molar-refractivity contribution in [3.63, 3.8) is 0 Å². The normalized spacial score (nSPS) is 12.0. The minimum atomic E-state index is 0.738. The number of hydrogen-bond donors (Lipinski definition) is 0. The average molecular weight is 608 g/mol. The van der Waals surface area contributed by atoms with Crippen LogP contribution in [0.25, 0.3) is 0 Å². The van der Waals surface area contributed by atoms with E-state index >= 15 is 0 Å². The van der Waals surface area contributed by atoms with Gasteiger partial charge in [0.05, 0.1) is 19.4 Å². The summed E-state index contributed by atoms with van der Waals surface area (Å²) in [5.74, 6) is 1.62. The van der Waals surface area contributed by atoms with Gasteiger partial charge in [0.15, 0.2) is 11.5 Å². The number of unbranched alkanes of at least 4 members (excludes halogenated alkanes) is 18. The SMILES string of the molecule is CCCCCC=CCC=CCCCCCCCCOc1ccncc1OCCCCCCCCC=CCC=CCCCCC. The summed E-state index contributed by atoms with van der Waals surface area (Å²) in [5, 5.41) is 0. The van der Waals surface area contributed by atoms with Gasteiger partial charge in [0.2, 0.25) is 0 Å². The third kappa shape index (κ3) is 27.3. The molecule has 1 rings (SSSR count). The summed E-state index contributed by atoms with van der Waals surface area (Å²) < 4.78 is 12.1. The van der Waals surface area contributed by atoms with Crippen LogP contribution in [0, 0.1) is 0 Å². The lowest BCUT2D eigenvalue weighted by Gasteiger charge is -2.12. The second kappa shape index (κ2) is 33.6. The van der Waals surface area contributed by atoms with Gasteiger partial charge in [0, 0.05) is 12.3 Å². The molecule has 0 amide bonds. The number of allylic oxidation sites excluding steroid dienone is 8. The van der Waals surface area contributed by atoms with Crippen molar-refractivity contribution < 1.29 is 9.47 Å². The molecule has 0 saturated carbocycles. The van der Waals surface area contributed by atoms with Crippen LogP contribution in [0.4, 0.5) is 0 Å². The molecule has 1 heterocycles. The summed E-state index contributed by atoms with van der Waals surface area (Å²) >= 11 is 0. The van der Waals surface area contributed by atoms with Gasteiger partial charge in [-0.25, -0.2) is 0 Å². The Morgan fingerprint density at radius 1 is 0.455 bits per heavy atom. The number of hydrogen-bond acceptors (Lipinski definition) is 3. The zero-order valence-corrected chi connectivity index (χ0v) is 29.0. The van der Waals surface area contributed by atoms with E-state index in [2.05, 4.69) is 67.4 Å². The molecule has 0 aliphatic carbocycles. The zero-order chi connectivity index (χ0) is 31.4. The molecule has 44 heavy (non-hydrogen) atoms. The molecule has 0 aliphatic rings. The lowest BCUT2D eigenvalue weighted by molar-refractivity contribution is 0.257. The summed E-state index contributed by atoms with van der Waals surface area (Å²) in [6.07, 6.45) is 52.4. The largest absolute Gasteiger partial charge is 0.490 e. The molecule has 0 atom stereocenters. The highest BCUT2D eigenvalue weighted by atomic mass is 16.5. The average Bonchev–Trinajstić information content (AvgIpc) is 3.04. The van der Waals surface area contributed by atoms with Crippen LogP contribution in [0.1, 0.15) is 168 Å². The number of ether oxygens (including phenoxy) is 2. The van der Waals surface area contributed by atoms with Gasteiger partial charge >= 0.3 is 0 Å². The van der Waals surface area contributed by atoms with Gasteiger partial charge in [-0.3, -0.25) is 4.98 Å². The van der Waals surface area contributed by atoms with Crippen molar-refractivity contribution in [2.24, 2.45) is 0 Å². The van der Waals surface area contributed by atoms with Crippen LogP contribution in [0.2, 0.25) is 0 Å². The highest BCUT2D eigenvalue weighted by Crippen LogP contribution is 2.26. The minimum absolute atomic E-state index is 0.738. The highest BCUT2D eigenvalue weighted by Gasteiger charge is 2.05. The fourth-order valence-corrected chi connectivity index (χ4v) is 5.14. The van der Waals surface area contributed by atoms with Crippen LogP contribution in [-0.2, 0) is 0 Å². The van der Waals surface area contributed by atoms with Crippen LogP contribution < -0.4 is 9.47 Å². The van der Waals surface area contributed by atoms with E-state index in [0.717, 1.165) is 50.4 Å². The number of nitrogens with zero attached hydrogens (tertiary/aromatic N) is 1. The molecular weight excluding hydrogens is 538 g/mol. The van der Waals surface area contributed by atoms with Crippen molar-refractivity contribution in [3.8, 4) is 11.5 Å². The molecular formula is C41H69NO2. The van der Waals surface area contributed by atoms with Gasteiger partial charge in [0.1, 0.15) is 0 Å². The fraction of sp³-hybridized carbons (Fsp3) is 0.683. The Labute approximate surface area is 273 Å². The Morgan fingerprint density at radius 3 is 1.30 bits per heavy atom. The molecule has 0 bridgehead atoms. The van der Waals surface area contributed by atoms with E-state index < -0.39 is 0 Å². The minimum Gasteiger partial charge on any atom is -0.490 e. The molecule has 3 heteroatoms. The van der Waals surface area contributed by atoms with Gasteiger partial charge in [-0.15, -0.1) is 0 Å². The molecule has 0 aromatic carbocycles. The van der Waals surface area contributed by atoms with E-state index in [1.807, 2.05) is 6.07 Å². The van der Waals surface area contributed by atoms with E-state index in [1.54, 1.807) is 12.4 Å². The molecule has 0 fully saturated rings. The van der Waals surface area contributed by atoms with E-state index in [9.17, 15) is 0 Å². The summed E-state index contributed by atoms with van der Waals surface area (Å²) in [6.45, 7) is 6.01. The van der Waals surface area contributed by atoms with Crippen LogP contribution in [0.5, 0.6) is 11.5 Å². The second-order valence-corrected chi connectivity index (χ2v) is 12.2. The third-order valence-corrected chi connectivity index (χ3v) is 7.95. The predicted octanol–water partition coefficient (Wildman–Crippen LogP) is 13.5. The van der Waals surface area contributed by atoms with Crippen LogP contribution in [-0.4, -0.2) is 18.2 Å². The Hall–Kier alpha value is -2.29. The molecule has 0 N–H and O–H groups in total. The van der Waals surface area contributed by atoms with Crippen LogP contribution in [0.15, 0.2) is 67.1 Å². The molecule has 0 spiro atoms. The number of rotatable bonds is 32. The van der Waals surface area contributed by atoms with Gasteiger partial charge < -0.3 is 9.47 Å². The summed E-state index contributed by atoms with van der Waals surface area (Å²) in [5.41, 5.74) is 0. The van der Waals surface area contributed by atoms with Crippen molar-refractivity contribution in [1.29, 1.82) is 0 Å². The molecule has 0 saturated heterocycles. The Bertz CT molecular complexity index is 772. The molecule has 0 radical (unpaired) electrons. The molecule has 3 nitrogen and oxygen atoms in total. The Morgan fingerprint density at radius 2 is 0.841 bits per heavy atom. The first-order valence-corrected chi connectivity index (χ1v) is 18.7. The predicted molar refractivity (Wildman–Crippen MR) is 194 cm³/mol. The van der Waals surface area contributed by atoms with Gasteiger partial charge in [-0.05, 0) is 77.0 Å². The standard InChI is InChI=1S/C41H69NO2/c1-3-5-7-9-11-13-15-17-19-21-23-25-27-29-31-33-37-43-40-35-36-42-39-41(40)44-38-34-32-30-28-26-24-22-20-18-16-14-12-10-8-6-4-2/h11-14,17-20,35-36,39H,3-10,15-16,21-34,37-38H2,1-2H3. The first-order valence-electron chi connectivity index (χ1n) is 18.7. The van der Waals surface area contributed by atoms with Crippen molar-refractivity contribution in [1.82, 2.24) is 4.98 Å². The zero-order valence-electron chi connectivity index (χ0n) is 29.0. The van der Waals surface area contributed by atoms with E-state index in [-0.39, 0.29) is 0 Å². The van der Waals surface area contributed by atoms with Crippen LogP contribution >= 0.6 is 0 Å². The maximum Gasteiger partial charge on any atom is 0.179 e. The smallest absolute Gasteiger partial charge is 0.179 e. The maximum absolute atomic E-state index is 6.05. The quantitative estimate of drug-likeness (QED) is 0.0603. The van der Waals surface area contributed by atoms with Crippen molar-refractivity contribution in [2.45, 2.75) is 168 Å². The summed E-state index contributed by atoms with van der Waals surface area (Å²) in [7, 11) is 0. The highest BCUT2D eigenvalue weighted by molar-refractivity contribution is 5.36. The fourth-order valence-electron chi connectivity index (χ4n) is 5.14. The van der Waals surface area contributed by atoms with Gasteiger partial charge in [-0.2, -0.15) is 0 Å². The number of aromatic nitrogens is 1. The Kier molecular flexibility index (Phi) is 30.3. The van der Waals surface area contributed by atoms with E-state index in [0.29, 0.717) is 0 Å². The molecule has 0 unspecified atom stereocenters. The summed E-state index contributed by atoms with van der Waals surface area (Å²) in [6, 6.07) is 1.93. The first-order chi connectivity index (χ1) is 21.9. The van der Waals surface area contributed by atoms with Crippen molar-refractivity contribution >= 4 is 0 Å². The number of pyridine rings is 1. The third-order valence-electron chi connectivity index (χ3n) is 7.95. The maximum atomic E-state index is 6.05. The topological polar surface area (TPSA) is 31.4 Å². The van der Waals surface area contributed by atoms with E-state index in [1.165, 1.54) is 128 Å². The van der Waals surface area contributed by atoms with Crippen LogP contribution in [0.3, 0.4) is 0 Å². The van der Waals surface area contributed by atoms with E-state index in [4.69, 9.17) is 9.47 Å². The van der Waals surface area contributed by atoms with Crippen molar-refractivity contribution in [3.05, 3.63) is 67.1 Å². The summed E-state index contributed by atoms with van der Waals surface area (Å²) in [4.78, 5) is 4.25. The molecule has 1 aromatic rings. The molecule has 250 valence electrons. The monoisotopic (exact) mass is 608 g/mol. The first kappa shape index (κ1) is 39.7. The molecule has 0 aliphatic heterocycles. The van der Waals surface area contributed by atoms with Gasteiger partial charge in [0.25, 0.3) is 0 Å². The van der Waals surface area contributed by atoms with Gasteiger partial charge in [-0.1, -0.05) is 140 Å². The lowest BCUT2D eigenvalue weighted by Crippen LogP contribution is -2.03. The van der Waals surface area contributed by atoms with Crippen molar-refractivity contribution in [2.75, 3.05) is 13.2 Å². The Balaban J connectivity index is 1.95. The molecule has 1 aromatic heterocycles.